The minimum atomic E-state index is -0.0599. The maximum absolute atomic E-state index is 12.7. The number of aryl methyl sites for hydroxylation is 2. The third-order valence-corrected chi connectivity index (χ3v) is 4.91. The SMILES string of the molecule is Cc1ccc(NSc2ccc(C(=O)c3ccccc3C)c(Cl)c2)cn1. The molecular weight excluding hydrogens is 352 g/mol. The van der Waals surface area contributed by atoms with E-state index in [9.17, 15) is 4.79 Å². The summed E-state index contributed by atoms with van der Waals surface area (Å²) in [6, 6.07) is 16.9. The Morgan fingerprint density at radius 3 is 2.52 bits per heavy atom. The number of halogens is 1. The first-order valence-corrected chi connectivity index (χ1v) is 8.99. The van der Waals surface area contributed by atoms with E-state index in [1.54, 1.807) is 18.3 Å². The fraction of sp³-hybridized carbons (Fsp3) is 0.100. The Bertz CT molecular complexity index is 910. The summed E-state index contributed by atoms with van der Waals surface area (Å²) in [7, 11) is 0. The molecule has 0 aliphatic rings. The van der Waals surface area contributed by atoms with Gasteiger partial charge in [-0.25, -0.2) is 0 Å². The second-order valence-corrected chi connectivity index (χ2v) is 6.96. The van der Waals surface area contributed by atoms with Crippen molar-refractivity contribution >= 4 is 35.0 Å². The Balaban J connectivity index is 1.75. The van der Waals surface area contributed by atoms with Crippen LogP contribution in [0.1, 0.15) is 27.2 Å². The number of nitrogens with zero attached hydrogens (tertiary/aromatic N) is 1. The van der Waals surface area contributed by atoms with Crippen LogP contribution < -0.4 is 4.72 Å². The van der Waals surface area contributed by atoms with Crippen LogP contribution in [0.3, 0.4) is 0 Å². The van der Waals surface area contributed by atoms with Crippen molar-refractivity contribution in [3.05, 3.63) is 88.2 Å². The van der Waals surface area contributed by atoms with Crippen molar-refractivity contribution in [2.45, 2.75) is 18.7 Å². The molecule has 2 aromatic carbocycles. The molecule has 0 amide bonds. The van der Waals surface area contributed by atoms with E-state index in [-0.39, 0.29) is 5.78 Å². The average Bonchev–Trinajstić information content (AvgIpc) is 2.61. The Morgan fingerprint density at radius 2 is 1.84 bits per heavy atom. The minimum absolute atomic E-state index is 0.0599. The predicted octanol–water partition coefficient (Wildman–Crippen LogP) is 5.70. The Labute approximate surface area is 156 Å². The second kappa shape index (κ2) is 7.72. The van der Waals surface area contributed by atoms with Crippen molar-refractivity contribution in [1.82, 2.24) is 4.98 Å². The first kappa shape index (κ1) is 17.5. The lowest BCUT2D eigenvalue weighted by Crippen LogP contribution is -2.04. The molecule has 1 heterocycles. The summed E-state index contributed by atoms with van der Waals surface area (Å²) in [5.41, 5.74) is 4.01. The molecule has 0 aliphatic carbocycles. The van der Waals surface area contributed by atoms with Crippen molar-refractivity contribution in [3.63, 3.8) is 0 Å². The van der Waals surface area contributed by atoms with Crippen LogP contribution >= 0.6 is 23.5 Å². The van der Waals surface area contributed by atoms with Crippen LogP contribution in [0.25, 0.3) is 0 Å². The Hall–Kier alpha value is -2.30. The highest BCUT2D eigenvalue weighted by molar-refractivity contribution is 8.00. The smallest absolute Gasteiger partial charge is 0.194 e. The molecule has 0 aliphatic heterocycles. The first-order chi connectivity index (χ1) is 12.0. The molecule has 0 fully saturated rings. The maximum atomic E-state index is 12.7. The van der Waals surface area contributed by atoms with Gasteiger partial charge in [0.25, 0.3) is 0 Å². The van der Waals surface area contributed by atoms with Gasteiger partial charge in [-0.3, -0.25) is 9.78 Å². The fourth-order valence-corrected chi connectivity index (χ4v) is 3.36. The van der Waals surface area contributed by atoms with Crippen LogP contribution in [0.4, 0.5) is 5.69 Å². The quantitative estimate of drug-likeness (QED) is 0.463. The predicted molar refractivity (Wildman–Crippen MR) is 105 cm³/mol. The lowest BCUT2D eigenvalue weighted by Gasteiger charge is -2.09. The second-order valence-electron chi connectivity index (χ2n) is 5.68. The molecule has 0 atom stereocenters. The van der Waals surface area contributed by atoms with Crippen LogP contribution in [0, 0.1) is 13.8 Å². The van der Waals surface area contributed by atoms with Gasteiger partial charge in [0.05, 0.1) is 16.9 Å². The zero-order chi connectivity index (χ0) is 17.8. The lowest BCUT2D eigenvalue weighted by atomic mass is 9.99. The topological polar surface area (TPSA) is 42.0 Å². The number of hydrogen-bond acceptors (Lipinski definition) is 4. The molecule has 0 saturated carbocycles. The molecule has 3 nitrogen and oxygen atoms in total. The molecule has 0 unspecified atom stereocenters. The van der Waals surface area contributed by atoms with E-state index in [0.717, 1.165) is 21.8 Å². The molecule has 0 spiro atoms. The Morgan fingerprint density at radius 1 is 1.04 bits per heavy atom. The van der Waals surface area contributed by atoms with Crippen molar-refractivity contribution in [2.24, 2.45) is 0 Å². The number of carbonyl (C=O) groups is 1. The molecule has 0 radical (unpaired) electrons. The zero-order valence-corrected chi connectivity index (χ0v) is 15.5. The van der Waals surface area contributed by atoms with Crippen LogP contribution in [0.2, 0.25) is 5.02 Å². The standard InChI is InChI=1S/C20H17ClN2OS/c1-13-5-3-4-6-17(13)20(24)18-10-9-16(11-19(18)21)25-23-15-8-7-14(2)22-12-15/h3-12,23H,1-2H3. The fourth-order valence-electron chi connectivity index (χ4n) is 2.36. The summed E-state index contributed by atoms with van der Waals surface area (Å²) in [4.78, 5) is 17.9. The molecule has 1 N–H and O–H groups in total. The number of rotatable bonds is 5. The van der Waals surface area contributed by atoms with Crippen LogP contribution in [0.5, 0.6) is 0 Å². The van der Waals surface area contributed by atoms with Crippen LogP contribution in [-0.2, 0) is 0 Å². The highest BCUT2D eigenvalue weighted by Gasteiger charge is 2.15. The van der Waals surface area contributed by atoms with Crippen molar-refractivity contribution < 1.29 is 4.79 Å². The van der Waals surface area contributed by atoms with Gasteiger partial charge in [-0.15, -0.1) is 0 Å². The van der Waals surface area contributed by atoms with Gasteiger partial charge in [-0.2, -0.15) is 0 Å². The van der Waals surface area contributed by atoms with Gasteiger partial charge in [0.15, 0.2) is 5.78 Å². The zero-order valence-electron chi connectivity index (χ0n) is 13.9. The van der Waals surface area contributed by atoms with Gasteiger partial charge in [0.2, 0.25) is 0 Å². The molecule has 5 heteroatoms. The normalized spacial score (nSPS) is 10.5. The third kappa shape index (κ3) is 4.21. The summed E-state index contributed by atoms with van der Waals surface area (Å²) in [5.74, 6) is -0.0599. The number of hydrogen-bond donors (Lipinski definition) is 1. The highest BCUT2D eigenvalue weighted by Crippen LogP contribution is 2.28. The summed E-state index contributed by atoms with van der Waals surface area (Å²) in [5, 5.41) is 0.446. The van der Waals surface area contributed by atoms with Crippen LogP contribution in [0.15, 0.2) is 65.7 Å². The van der Waals surface area contributed by atoms with Gasteiger partial charge in [0, 0.05) is 21.7 Å². The molecule has 0 saturated heterocycles. The van der Waals surface area contributed by atoms with Crippen LogP contribution in [-0.4, -0.2) is 10.8 Å². The number of ketones is 1. The summed E-state index contributed by atoms with van der Waals surface area (Å²) in [6.07, 6.45) is 1.78. The number of anilines is 1. The summed E-state index contributed by atoms with van der Waals surface area (Å²) < 4.78 is 3.22. The first-order valence-electron chi connectivity index (χ1n) is 7.80. The number of pyridine rings is 1. The van der Waals surface area contributed by atoms with Gasteiger partial charge >= 0.3 is 0 Å². The molecule has 0 bridgehead atoms. The van der Waals surface area contributed by atoms with E-state index in [0.29, 0.717) is 16.1 Å². The largest absolute Gasteiger partial charge is 0.324 e. The monoisotopic (exact) mass is 368 g/mol. The molecule has 3 rings (SSSR count). The van der Waals surface area contributed by atoms with E-state index in [1.807, 2.05) is 56.3 Å². The number of aromatic nitrogens is 1. The van der Waals surface area contributed by atoms with E-state index in [4.69, 9.17) is 11.6 Å². The number of benzene rings is 2. The minimum Gasteiger partial charge on any atom is -0.324 e. The van der Waals surface area contributed by atoms with Gasteiger partial charge in [-0.1, -0.05) is 35.9 Å². The van der Waals surface area contributed by atoms with E-state index < -0.39 is 0 Å². The number of carbonyl (C=O) groups excluding carboxylic acids is 1. The molecule has 1 aromatic heterocycles. The van der Waals surface area contributed by atoms with Crippen molar-refractivity contribution in [1.29, 1.82) is 0 Å². The van der Waals surface area contributed by atoms with Gasteiger partial charge < -0.3 is 4.72 Å². The third-order valence-electron chi connectivity index (χ3n) is 3.77. The summed E-state index contributed by atoms with van der Waals surface area (Å²) in [6.45, 7) is 3.87. The Kier molecular flexibility index (Phi) is 5.41. The van der Waals surface area contributed by atoms with Gasteiger partial charge in [-0.05, 0) is 61.7 Å². The molecule has 25 heavy (non-hydrogen) atoms. The highest BCUT2D eigenvalue weighted by atomic mass is 35.5. The molecule has 3 aromatic rings. The molecule has 126 valence electrons. The lowest BCUT2D eigenvalue weighted by molar-refractivity contribution is 0.103. The summed E-state index contributed by atoms with van der Waals surface area (Å²) >= 11 is 7.78. The maximum Gasteiger partial charge on any atom is 0.194 e. The van der Waals surface area contributed by atoms with E-state index in [1.165, 1.54) is 11.9 Å². The average molecular weight is 369 g/mol. The number of nitrogens with one attached hydrogen (secondary N) is 1. The van der Waals surface area contributed by atoms with Crippen molar-refractivity contribution in [2.75, 3.05) is 4.72 Å². The van der Waals surface area contributed by atoms with Gasteiger partial charge in [0.1, 0.15) is 0 Å². The molecular formula is C20H17ClN2OS. The van der Waals surface area contributed by atoms with E-state index in [2.05, 4.69) is 9.71 Å². The van der Waals surface area contributed by atoms with E-state index >= 15 is 0 Å². The van der Waals surface area contributed by atoms with Crippen molar-refractivity contribution in [3.8, 4) is 0 Å².